The fourth-order valence-electron chi connectivity index (χ4n) is 1.66. The number of nitrogens with zero attached hydrogens (tertiary/aromatic N) is 3. The molecule has 1 aromatic heterocycles. The Hall–Kier alpha value is -1.43. The molecule has 0 saturated carbocycles. The quantitative estimate of drug-likeness (QED) is 0.752. The molecule has 0 aliphatic rings. The van der Waals surface area contributed by atoms with E-state index in [1.54, 1.807) is 6.92 Å². The SMILES string of the molecule is CC(C(=O)NCC(C)(C)CCCO)n1cncn1. The summed E-state index contributed by atoms with van der Waals surface area (Å²) in [5.74, 6) is -0.0717. The summed E-state index contributed by atoms with van der Waals surface area (Å²) >= 11 is 0. The molecule has 6 heteroatoms. The van der Waals surface area contributed by atoms with E-state index in [0.717, 1.165) is 12.8 Å². The summed E-state index contributed by atoms with van der Waals surface area (Å²) in [6.45, 7) is 6.70. The molecule has 1 aromatic rings. The third-order valence-electron chi connectivity index (χ3n) is 2.97. The van der Waals surface area contributed by atoms with Gasteiger partial charge in [-0.3, -0.25) is 4.79 Å². The Bertz CT molecular complexity index is 362. The van der Waals surface area contributed by atoms with Crippen LogP contribution in [-0.2, 0) is 4.79 Å². The van der Waals surface area contributed by atoms with Crippen molar-refractivity contribution in [2.75, 3.05) is 13.2 Å². The second kappa shape index (κ2) is 6.49. The summed E-state index contributed by atoms with van der Waals surface area (Å²) in [7, 11) is 0. The van der Waals surface area contributed by atoms with Gasteiger partial charge in [-0.2, -0.15) is 5.10 Å². The van der Waals surface area contributed by atoms with Crippen molar-refractivity contribution in [1.29, 1.82) is 0 Å². The third kappa shape index (κ3) is 4.44. The van der Waals surface area contributed by atoms with Gasteiger partial charge in [-0.25, -0.2) is 9.67 Å². The number of carbonyl (C=O) groups is 1. The summed E-state index contributed by atoms with van der Waals surface area (Å²) in [5, 5.41) is 15.7. The molecule has 0 spiro atoms. The van der Waals surface area contributed by atoms with Crippen molar-refractivity contribution < 1.29 is 9.90 Å². The standard InChI is InChI=1S/C12H22N4O2/c1-10(16-9-13-8-15-16)11(18)14-7-12(2,3)5-4-6-17/h8-10,17H,4-7H2,1-3H3,(H,14,18). The lowest BCUT2D eigenvalue weighted by atomic mass is 9.88. The van der Waals surface area contributed by atoms with E-state index in [0.29, 0.717) is 6.54 Å². The van der Waals surface area contributed by atoms with E-state index in [4.69, 9.17) is 5.11 Å². The zero-order valence-corrected chi connectivity index (χ0v) is 11.3. The van der Waals surface area contributed by atoms with Gasteiger partial charge < -0.3 is 10.4 Å². The maximum absolute atomic E-state index is 11.9. The Kier molecular flexibility index (Phi) is 5.27. The van der Waals surface area contributed by atoms with Crippen LogP contribution in [0.3, 0.4) is 0 Å². The molecule has 0 aromatic carbocycles. The molecule has 0 saturated heterocycles. The van der Waals surface area contributed by atoms with Gasteiger partial charge in [0, 0.05) is 13.2 Å². The summed E-state index contributed by atoms with van der Waals surface area (Å²) in [6, 6.07) is -0.360. The molecule has 1 amide bonds. The Morgan fingerprint density at radius 3 is 2.83 bits per heavy atom. The molecule has 0 bridgehead atoms. The minimum atomic E-state index is -0.360. The third-order valence-corrected chi connectivity index (χ3v) is 2.97. The molecule has 6 nitrogen and oxygen atoms in total. The Labute approximate surface area is 107 Å². The second-order valence-corrected chi connectivity index (χ2v) is 5.26. The zero-order chi connectivity index (χ0) is 13.6. The number of aromatic nitrogens is 3. The number of amides is 1. The van der Waals surface area contributed by atoms with Crippen molar-refractivity contribution in [3.8, 4) is 0 Å². The topological polar surface area (TPSA) is 80.0 Å². The van der Waals surface area contributed by atoms with E-state index in [2.05, 4.69) is 29.2 Å². The first kappa shape index (κ1) is 14.6. The monoisotopic (exact) mass is 254 g/mol. The van der Waals surface area contributed by atoms with E-state index < -0.39 is 0 Å². The molecule has 1 rings (SSSR count). The highest BCUT2D eigenvalue weighted by Crippen LogP contribution is 2.21. The Morgan fingerprint density at radius 1 is 1.56 bits per heavy atom. The van der Waals surface area contributed by atoms with Crippen molar-refractivity contribution in [3.63, 3.8) is 0 Å². The van der Waals surface area contributed by atoms with Gasteiger partial charge in [-0.1, -0.05) is 13.8 Å². The van der Waals surface area contributed by atoms with Gasteiger partial charge in [-0.05, 0) is 25.2 Å². The van der Waals surface area contributed by atoms with Crippen molar-refractivity contribution in [2.45, 2.75) is 39.7 Å². The molecule has 1 unspecified atom stereocenters. The van der Waals surface area contributed by atoms with Gasteiger partial charge in [0.05, 0.1) is 0 Å². The number of carbonyl (C=O) groups excluding carboxylic acids is 1. The van der Waals surface area contributed by atoms with Crippen molar-refractivity contribution in [2.24, 2.45) is 5.41 Å². The summed E-state index contributed by atoms with van der Waals surface area (Å²) in [5.41, 5.74) is -0.0134. The van der Waals surface area contributed by atoms with Crippen LogP contribution in [0.1, 0.15) is 39.7 Å². The predicted molar refractivity (Wildman–Crippen MR) is 67.8 cm³/mol. The van der Waals surface area contributed by atoms with Crippen LogP contribution in [0.25, 0.3) is 0 Å². The maximum Gasteiger partial charge on any atom is 0.244 e. The first-order valence-corrected chi connectivity index (χ1v) is 6.19. The highest BCUT2D eigenvalue weighted by atomic mass is 16.2. The van der Waals surface area contributed by atoms with E-state index in [9.17, 15) is 4.79 Å². The average Bonchev–Trinajstić information content (AvgIpc) is 2.86. The van der Waals surface area contributed by atoms with Crippen molar-refractivity contribution >= 4 is 5.91 Å². The molecule has 0 aliphatic heterocycles. The molecule has 102 valence electrons. The van der Waals surface area contributed by atoms with Crippen LogP contribution in [0.15, 0.2) is 12.7 Å². The van der Waals surface area contributed by atoms with Crippen molar-refractivity contribution in [1.82, 2.24) is 20.1 Å². The van der Waals surface area contributed by atoms with Gasteiger partial charge >= 0.3 is 0 Å². The number of aliphatic hydroxyl groups excluding tert-OH is 1. The van der Waals surface area contributed by atoms with Crippen LogP contribution in [0.2, 0.25) is 0 Å². The largest absolute Gasteiger partial charge is 0.396 e. The molecule has 18 heavy (non-hydrogen) atoms. The first-order valence-electron chi connectivity index (χ1n) is 6.19. The summed E-state index contributed by atoms with van der Waals surface area (Å²) in [6.07, 6.45) is 4.57. The average molecular weight is 254 g/mol. The van der Waals surface area contributed by atoms with Crippen molar-refractivity contribution in [3.05, 3.63) is 12.7 Å². The lowest BCUT2D eigenvalue weighted by Crippen LogP contribution is -2.38. The normalized spacial score (nSPS) is 13.3. The molecule has 0 fully saturated rings. The molecule has 0 aliphatic carbocycles. The van der Waals surface area contributed by atoms with Gasteiger partial charge in [-0.15, -0.1) is 0 Å². The van der Waals surface area contributed by atoms with Gasteiger partial charge in [0.1, 0.15) is 18.7 Å². The van der Waals surface area contributed by atoms with Gasteiger partial charge in [0.25, 0.3) is 0 Å². The van der Waals surface area contributed by atoms with Crippen LogP contribution in [0, 0.1) is 5.41 Å². The van der Waals surface area contributed by atoms with Crippen LogP contribution in [-0.4, -0.2) is 38.9 Å². The van der Waals surface area contributed by atoms with E-state index in [-0.39, 0.29) is 24.0 Å². The van der Waals surface area contributed by atoms with Crippen LogP contribution < -0.4 is 5.32 Å². The molecular formula is C12H22N4O2. The van der Waals surface area contributed by atoms with E-state index in [1.807, 2.05) is 0 Å². The number of aliphatic hydroxyl groups is 1. The molecule has 0 radical (unpaired) electrons. The van der Waals surface area contributed by atoms with Crippen LogP contribution in [0.4, 0.5) is 0 Å². The lowest BCUT2D eigenvalue weighted by molar-refractivity contribution is -0.124. The van der Waals surface area contributed by atoms with Gasteiger partial charge in [0.2, 0.25) is 5.91 Å². The van der Waals surface area contributed by atoms with E-state index in [1.165, 1.54) is 17.3 Å². The highest BCUT2D eigenvalue weighted by molar-refractivity contribution is 5.79. The lowest BCUT2D eigenvalue weighted by Gasteiger charge is -2.25. The van der Waals surface area contributed by atoms with Crippen LogP contribution in [0.5, 0.6) is 0 Å². The van der Waals surface area contributed by atoms with Crippen LogP contribution >= 0.6 is 0 Å². The summed E-state index contributed by atoms with van der Waals surface area (Å²) < 4.78 is 1.52. The fraction of sp³-hybridized carbons (Fsp3) is 0.750. The first-order chi connectivity index (χ1) is 8.46. The summed E-state index contributed by atoms with van der Waals surface area (Å²) in [4.78, 5) is 15.7. The number of hydrogen-bond donors (Lipinski definition) is 2. The number of nitrogens with one attached hydrogen (secondary N) is 1. The minimum Gasteiger partial charge on any atom is -0.396 e. The minimum absolute atomic E-state index is 0.0134. The predicted octanol–water partition coefficient (Wildman–Crippen LogP) is 0.754. The number of hydrogen-bond acceptors (Lipinski definition) is 4. The molecule has 2 N–H and O–H groups in total. The van der Waals surface area contributed by atoms with Gasteiger partial charge in [0.15, 0.2) is 0 Å². The second-order valence-electron chi connectivity index (χ2n) is 5.26. The molecular weight excluding hydrogens is 232 g/mol. The fourth-order valence-corrected chi connectivity index (χ4v) is 1.66. The molecule has 1 heterocycles. The zero-order valence-electron chi connectivity index (χ0n) is 11.3. The molecule has 1 atom stereocenters. The smallest absolute Gasteiger partial charge is 0.244 e. The Balaban J connectivity index is 2.41. The number of rotatable bonds is 7. The highest BCUT2D eigenvalue weighted by Gasteiger charge is 2.21. The Morgan fingerprint density at radius 2 is 2.28 bits per heavy atom. The van der Waals surface area contributed by atoms with E-state index >= 15 is 0 Å². The maximum atomic E-state index is 11.9.